The van der Waals surface area contributed by atoms with E-state index in [0.29, 0.717) is 10.8 Å². The number of rotatable bonds is 6. The van der Waals surface area contributed by atoms with Gasteiger partial charge in [-0.25, -0.2) is 15.0 Å². The maximum atomic E-state index is 6.68. The first kappa shape index (κ1) is 47.8. The van der Waals surface area contributed by atoms with Crippen LogP contribution in [0.15, 0.2) is 89.3 Å². The van der Waals surface area contributed by atoms with E-state index < -0.39 is 0 Å². The SMILES string of the molecule is C#CC#CC#CC#CC#CC#CC#CC#CC#CC#CC#C.Nc1nccc(Sc2cnc(N3CCC4(CC3)Cc3ccccc3[C@H]4N)cn2)c1Cl.S=N/N=N/N=N/N=C/I.[HH].[HH].[HH].[HH].[HH].[HH].[HH].[HH].[HH].[HH]. The van der Waals surface area contributed by atoms with Crippen LogP contribution in [0.1, 0.15) is 44.3 Å². The Hall–Kier alpha value is -7.57. The quantitative estimate of drug-likeness (QED) is 0.0814. The van der Waals surface area contributed by atoms with E-state index in [9.17, 15) is 0 Å². The summed E-state index contributed by atoms with van der Waals surface area (Å²) >= 11 is 13.6. The molecule has 2 aromatic heterocycles. The average Bonchev–Trinajstić information content (AvgIpc) is 3.55. The van der Waals surface area contributed by atoms with Gasteiger partial charge < -0.3 is 16.4 Å². The molecule has 312 valence electrons. The van der Waals surface area contributed by atoms with Gasteiger partial charge in [-0.3, -0.25) is 0 Å². The number of pyridine rings is 1. The van der Waals surface area contributed by atoms with Crippen LogP contribution in [0, 0.1) is 137 Å². The number of terminal acetylenes is 2. The van der Waals surface area contributed by atoms with Crippen LogP contribution in [0.3, 0.4) is 0 Å². The molecule has 1 aliphatic heterocycles. The van der Waals surface area contributed by atoms with Gasteiger partial charge in [-0.15, -0.1) is 17.9 Å². The first-order valence-electron chi connectivity index (χ1n) is 17.0. The van der Waals surface area contributed by atoms with E-state index in [2.05, 4.69) is 205 Å². The summed E-state index contributed by atoms with van der Waals surface area (Å²) < 4.78 is 4.30. The van der Waals surface area contributed by atoms with Crippen molar-refractivity contribution >= 4 is 74.2 Å². The number of fused-ring (bicyclic) bond motifs is 1. The largest absolute Gasteiger partial charge is 0.382 e. The molecule has 1 fully saturated rings. The molecule has 4 N–H and O–H groups in total. The number of nitrogens with zero attached hydrogens (tertiary/aromatic N) is 10. The van der Waals surface area contributed by atoms with Crippen LogP contribution in [0.2, 0.25) is 5.02 Å². The van der Waals surface area contributed by atoms with Crippen LogP contribution in [-0.2, 0) is 18.8 Å². The molecule has 0 bridgehead atoms. The Kier molecular flexibility index (Phi) is 22.5. The molecule has 0 saturated carbocycles. The third-order valence-electron chi connectivity index (χ3n) is 7.84. The van der Waals surface area contributed by atoms with Gasteiger partial charge >= 0.3 is 0 Å². The molecule has 61 heavy (non-hydrogen) atoms. The van der Waals surface area contributed by atoms with Gasteiger partial charge in [0.15, 0.2) is 0 Å². The van der Waals surface area contributed by atoms with Gasteiger partial charge in [0.05, 0.1) is 34.1 Å². The summed E-state index contributed by atoms with van der Waals surface area (Å²) in [6, 6.07) is 10.6. The normalized spacial score (nSPS) is 12.9. The zero-order valence-corrected chi connectivity index (χ0v) is 36.2. The smallest absolute Gasteiger partial charge is 0.147 e. The van der Waals surface area contributed by atoms with Crippen molar-refractivity contribution in [3.8, 4) is 131 Å². The van der Waals surface area contributed by atoms with Gasteiger partial charge in [0, 0.05) is 68.2 Å². The fraction of sp³-hybridized carbons (Fsp3) is 0.156. The molecule has 2 aliphatic rings. The number of nitrogens with two attached hydrogens (primary N) is 2. The van der Waals surface area contributed by atoms with Crippen molar-refractivity contribution in [2.75, 3.05) is 23.7 Å². The highest BCUT2D eigenvalue weighted by molar-refractivity contribution is 14.1. The fourth-order valence-electron chi connectivity index (χ4n) is 5.31. The van der Waals surface area contributed by atoms with Crippen molar-refractivity contribution < 1.29 is 14.3 Å². The predicted octanol–water partition coefficient (Wildman–Crippen LogP) is 8.67. The van der Waals surface area contributed by atoms with E-state index in [1.54, 1.807) is 12.4 Å². The lowest BCUT2D eigenvalue weighted by Gasteiger charge is -2.42. The Balaban J connectivity index is -0.000000146. The first-order chi connectivity index (χ1) is 29.9. The fourth-order valence-corrected chi connectivity index (χ4v) is 6.44. The number of halogens is 2. The van der Waals surface area contributed by atoms with Crippen molar-refractivity contribution in [2.45, 2.75) is 35.2 Å². The Bertz CT molecular complexity index is 2790. The Labute approximate surface area is 398 Å². The minimum Gasteiger partial charge on any atom is -0.382 e. The number of nitrogen functional groups attached to an aromatic ring is 1. The summed E-state index contributed by atoms with van der Waals surface area (Å²) in [7, 11) is 0. The summed E-state index contributed by atoms with van der Waals surface area (Å²) in [6.07, 6.45) is 18.3. The number of anilines is 2. The van der Waals surface area contributed by atoms with Crippen molar-refractivity contribution in [3.05, 3.63) is 65.1 Å². The summed E-state index contributed by atoms with van der Waals surface area (Å²) in [5.74, 6) is 49.4. The molecule has 0 radical (unpaired) electrons. The lowest BCUT2D eigenvalue weighted by atomic mass is 9.73. The first-order valence-corrected chi connectivity index (χ1v) is 19.8. The molecule has 1 spiro atoms. The van der Waals surface area contributed by atoms with Crippen molar-refractivity contribution in [1.29, 1.82) is 0 Å². The molecule has 1 aromatic carbocycles. The number of aromatic nitrogens is 3. The van der Waals surface area contributed by atoms with E-state index in [0.717, 1.165) is 48.1 Å². The van der Waals surface area contributed by atoms with Crippen LogP contribution in [0.4, 0.5) is 11.6 Å². The highest BCUT2D eigenvalue weighted by Crippen LogP contribution is 2.50. The summed E-state index contributed by atoms with van der Waals surface area (Å²) in [5, 5.41) is 16.8. The van der Waals surface area contributed by atoms with E-state index in [4.69, 9.17) is 35.9 Å². The molecule has 12 nitrogen and oxygen atoms in total. The summed E-state index contributed by atoms with van der Waals surface area (Å²) in [6.45, 7) is 1.88. The number of hydrogen-bond acceptors (Lipinski definition) is 9. The topological polar surface area (TPSA) is 168 Å². The van der Waals surface area contributed by atoms with Gasteiger partial charge in [0.25, 0.3) is 0 Å². The average molecular weight is 981 g/mol. The molecular weight excluding hydrogens is 935 g/mol. The summed E-state index contributed by atoms with van der Waals surface area (Å²) in [4.78, 5) is 16.3. The Morgan fingerprint density at radius 3 is 1.82 bits per heavy atom. The second-order valence-electron chi connectivity index (χ2n) is 11.2. The molecule has 3 aromatic rings. The predicted molar refractivity (Wildman–Crippen MR) is 272 cm³/mol. The molecule has 1 aliphatic carbocycles. The zero-order valence-electron chi connectivity index (χ0n) is 31.7. The highest BCUT2D eigenvalue weighted by atomic mass is 127. The van der Waals surface area contributed by atoms with E-state index in [1.807, 2.05) is 34.9 Å². The number of benzene rings is 1. The van der Waals surface area contributed by atoms with E-state index in [1.165, 1.54) is 27.1 Å². The molecular formula is C45H46ClIN12S2. The monoisotopic (exact) mass is 980 g/mol. The minimum absolute atomic E-state index is 0. The standard InChI is InChI=1S/C22H23ClN6S.C22H2.CHIN6S.10H2/c23-19-16(5-8-26-21(19)25)30-18-13-27-17(12-28-18)29-9-6-22(7-10-29)11-14-3-1-2-4-15(14)20(22)24;1-3-5-7-9-11-13-15-17-19-21-22-20-18-16-14-12-10-8-6-4-2;2-1-3-4-5-6-7-8-9;;;;;;;;;;/h1-5,8,12-13,20H,6-7,9-11,24H2,(H2,25,26);1-2H;1H;10*1H/b;;3-1+,5-4+,7-6+;;;;;;;;;;/t20-;;;;;;;;;;;;/m1............/s1. The molecule has 1 atom stereocenters. The van der Waals surface area contributed by atoms with Crippen molar-refractivity contribution in [2.24, 2.45) is 41.6 Å². The second-order valence-corrected chi connectivity index (χ2v) is 13.4. The maximum Gasteiger partial charge on any atom is 0.147 e. The van der Waals surface area contributed by atoms with Crippen LogP contribution in [0.25, 0.3) is 0 Å². The van der Waals surface area contributed by atoms with Crippen molar-refractivity contribution in [3.63, 3.8) is 0 Å². The lowest BCUT2D eigenvalue weighted by Crippen LogP contribution is -2.44. The molecule has 16 heteroatoms. The highest BCUT2D eigenvalue weighted by Gasteiger charge is 2.45. The molecule has 5 rings (SSSR count). The summed E-state index contributed by atoms with van der Waals surface area (Å²) in [5.41, 5.74) is 15.4. The number of piperidine rings is 1. The second kappa shape index (κ2) is 28.8. The molecule has 0 amide bonds. The van der Waals surface area contributed by atoms with Gasteiger partial charge in [-0.05, 0) is 180 Å². The van der Waals surface area contributed by atoms with Crippen molar-refractivity contribution in [1.82, 2.24) is 15.0 Å². The Morgan fingerprint density at radius 2 is 1.33 bits per heavy atom. The van der Waals surface area contributed by atoms with Gasteiger partial charge in [-0.2, -0.15) is 0 Å². The molecule has 1 saturated heterocycles. The van der Waals surface area contributed by atoms with Crippen LogP contribution >= 0.6 is 46.0 Å². The maximum absolute atomic E-state index is 6.68. The van der Waals surface area contributed by atoms with E-state index in [-0.39, 0.29) is 25.7 Å². The van der Waals surface area contributed by atoms with Gasteiger partial charge in [-0.1, -0.05) is 52.1 Å². The zero-order chi connectivity index (χ0) is 43.8. The van der Waals surface area contributed by atoms with E-state index >= 15 is 0 Å². The van der Waals surface area contributed by atoms with Crippen LogP contribution < -0.4 is 16.4 Å². The van der Waals surface area contributed by atoms with Gasteiger partial charge in [0.1, 0.15) is 16.7 Å². The minimum atomic E-state index is 0. The van der Waals surface area contributed by atoms with Crippen LogP contribution in [-0.4, -0.2) is 32.3 Å². The molecule has 3 heterocycles. The third kappa shape index (κ3) is 17.4. The van der Waals surface area contributed by atoms with Crippen LogP contribution in [0.5, 0.6) is 0 Å². The van der Waals surface area contributed by atoms with Gasteiger partial charge in [0.2, 0.25) is 0 Å². The lowest BCUT2D eigenvalue weighted by molar-refractivity contribution is 0.187. The third-order valence-corrected chi connectivity index (χ3v) is 9.66. The molecule has 0 unspecified atom stereocenters. The Morgan fingerprint density at radius 1 is 0.787 bits per heavy atom. The number of hydrogen-bond donors (Lipinski definition) is 2.